The molecule has 0 aliphatic heterocycles. The molecule has 6 heteroatoms. The van der Waals surface area contributed by atoms with E-state index in [1.807, 2.05) is 59.9 Å². The third kappa shape index (κ3) is 6.83. The summed E-state index contributed by atoms with van der Waals surface area (Å²) >= 11 is 1.83. The van der Waals surface area contributed by atoms with Crippen molar-refractivity contribution in [3.05, 3.63) is 223 Å². The van der Waals surface area contributed by atoms with Crippen molar-refractivity contribution >= 4 is 86.9 Å². The molecule has 0 saturated heterocycles. The number of hydrogen-bond acceptors (Lipinski definition) is 3. The van der Waals surface area contributed by atoms with Crippen LogP contribution in [0.2, 0.25) is 0 Å². The molecule has 0 spiro atoms. The molecule has 0 amide bonds. The van der Waals surface area contributed by atoms with Crippen LogP contribution in [0.25, 0.3) is 91.9 Å². The highest BCUT2D eigenvalue weighted by Gasteiger charge is 2.19. The van der Waals surface area contributed by atoms with Crippen LogP contribution in [0.4, 0.5) is 0 Å². The van der Waals surface area contributed by atoms with Crippen LogP contribution in [0.3, 0.4) is 0 Å². The average molecular weight is 829 g/mol. The number of aryl methyl sites for hydroxylation is 1. The molecule has 12 rings (SSSR count). The van der Waals surface area contributed by atoms with E-state index in [0.29, 0.717) is 5.56 Å². The van der Waals surface area contributed by atoms with Gasteiger partial charge in [0.05, 0.1) is 11.0 Å². The Balaban J connectivity index is 0.000000581. The first kappa shape index (κ1) is 37.9. The average Bonchev–Trinajstić information content (AvgIpc) is 4.01. The Morgan fingerprint density at radius 3 is 2.00 bits per heavy atom. The lowest BCUT2D eigenvalue weighted by Gasteiger charge is -2.10. The van der Waals surface area contributed by atoms with Crippen LogP contribution in [-0.4, -0.2) is 16.2 Å². The Labute approximate surface area is 368 Å². The van der Waals surface area contributed by atoms with Crippen LogP contribution in [0.5, 0.6) is 0 Å². The zero-order chi connectivity index (χ0) is 42.4. The lowest BCUT2D eigenvalue weighted by molar-refractivity contribution is 0.669. The summed E-state index contributed by atoms with van der Waals surface area (Å²) in [5.41, 5.74) is 19.0. The lowest BCUT2D eigenvalue weighted by atomic mass is 9.93. The van der Waals surface area contributed by atoms with E-state index in [-0.39, 0.29) is 11.7 Å². The summed E-state index contributed by atoms with van der Waals surface area (Å²) in [7, 11) is 0. The van der Waals surface area contributed by atoms with Gasteiger partial charge in [-0.1, -0.05) is 139 Å². The SMILES string of the molecule is Cc1ccccc1.N=C(N=C(N)c1cccc2oc3ccc(-c4cc(-c5ccccc5)cc5sc6ccccc6c45)cc3c12)c1ccc2c(c1)c1ccccc1n2-c1ccccc1. The third-order valence-electron chi connectivity index (χ3n) is 11.8. The van der Waals surface area contributed by atoms with Crippen LogP contribution in [-0.2, 0) is 0 Å². The zero-order valence-electron chi connectivity index (χ0n) is 34.4. The largest absolute Gasteiger partial charge is 0.456 e. The zero-order valence-corrected chi connectivity index (χ0v) is 35.2. The van der Waals surface area contributed by atoms with E-state index in [2.05, 4.69) is 169 Å². The van der Waals surface area contributed by atoms with Crippen molar-refractivity contribution in [2.24, 2.45) is 10.7 Å². The standard InChI is InChI=1S/C50H32N4OS.C7H8/c51-49(32-22-24-42-39(27-32)35-16-7-9-19-41(35)54(42)34-14-5-2-6-15-34)53-50(52)37-18-11-20-44-47(37)40-26-31(23-25-43(40)55-44)38-28-33(30-12-3-1-4-13-30)29-46-48(38)36-17-8-10-21-45(36)56-46;1-7-5-3-2-4-6-7/h1-29H,(H3,51,52,53);2-6H,1H3. The van der Waals surface area contributed by atoms with Crippen molar-refractivity contribution < 1.29 is 4.42 Å². The minimum absolute atomic E-state index is 0.0934. The van der Waals surface area contributed by atoms with Crippen LogP contribution >= 0.6 is 11.3 Å². The summed E-state index contributed by atoms with van der Waals surface area (Å²) in [6.07, 6.45) is 0. The predicted molar refractivity (Wildman–Crippen MR) is 267 cm³/mol. The highest BCUT2D eigenvalue weighted by molar-refractivity contribution is 7.26. The molecule has 3 N–H and O–H groups in total. The van der Waals surface area contributed by atoms with Crippen molar-refractivity contribution in [3.8, 4) is 27.9 Å². The molecule has 0 fully saturated rings. The molecular weight excluding hydrogens is 789 g/mol. The summed E-state index contributed by atoms with van der Waals surface area (Å²) in [5, 5.41) is 15.7. The summed E-state index contributed by atoms with van der Waals surface area (Å²) < 4.78 is 11.2. The smallest absolute Gasteiger partial charge is 0.154 e. The minimum atomic E-state index is 0.0934. The Bertz CT molecular complexity index is 3710. The molecule has 300 valence electrons. The minimum Gasteiger partial charge on any atom is -0.456 e. The second-order valence-electron chi connectivity index (χ2n) is 15.8. The molecule has 63 heavy (non-hydrogen) atoms. The quantitative estimate of drug-likeness (QED) is 0.134. The number of hydrogen-bond donors (Lipinski definition) is 2. The van der Waals surface area contributed by atoms with E-state index in [9.17, 15) is 0 Å². The van der Waals surface area contributed by atoms with Gasteiger partial charge in [-0.05, 0) is 102 Å². The van der Waals surface area contributed by atoms with Gasteiger partial charge in [0, 0.05) is 58.5 Å². The number of rotatable bonds is 5. The molecule has 0 saturated carbocycles. The maximum Gasteiger partial charge on any atom is 0.154 e. The molecule has 0 radical (unpaired) electrons. The van der Waals surface area contributed by atoms with Crippen molar-refractivity contribution in [3.63, 3.8) is 0 Å². The van der Waals surface area contributed by atoms with Gasteiger partial charge in [-0.2, -0.15) is 0 Å². The Hall–Kier alpha value is -8.06. The van der Waals surface area contributed by atoms with Gasteiger partial charge in [0.25, 0.3) is 0 Å². The molecule has 12 aromatic rings. The predicted octanol–water partition coefficient (Wildman–Crippen LogP) is 15.1. The maximum atomic E-state index is 9.17. The van der Waals surface area contributed by atoms with Gasteiger partial charge in [-0.3, -0.25) is 5.41 Å². The van der Waals surface area contributed by atoms with Crippen LogP contribution in [0.15, 0.2) is 216 Å². The Morgan fingerprint density at radius 1 is 0.524 bits per heavy atom. The van der Waals surface area contributed by atoms with E-state index in [0.717, 1.165) is 60.6 Å². The number of nitrogens with zero attached hydrogens (tertiary/aromatic N) is 2. The fraction of sp³-hybridized carbons (Fsp3) is 0.0175. The van der Waals surface area contributed by atoms with E-state index < -0.39 is 0 Å². The molecule has 0 bridgehead atoms. The summed E-state index contributed by atoms with van der Waals surface area (Å²) in [5.74, 6) is 0.355. The fourth-order valence-corrected chi connectivity index (χ4v) is 10.0. The number of amidine groups is 2. The maximum absolute atomic E-state index is 9.17. The molecule has 0 aliphatic carbocycles. The fourth-order valence-electron chi connectivity index (χ4n) is 8.84. The topological polar surface area (TPSA) is 80.3 Å². The molecule has 0 atom stereocenters. The van der Waals surface area contributed by atoms with Gasteiger partial charge in [-0.15, -0.1) is 11.3 Å². The normalized spacial score (nSPS) is 11.8. The third-order valence-corrected chi connectivity index (χ3v) is 12.9. The molecule has 3 heterocycles. The van der Waals surface area contributed by atoms with Crippen molar-refractivity contribution in [2.75, 3.05) is 0 Å². The number of nitrogens with two attached hydrogens (primary N) is 1. The van der Waals surface area contributed by atoms with E-state index in [1.54, 1.807) is 0 Å². The lowest BCUT2D eigenvalue weighted by Crippen LogP contribution is -2.16. The van der Waals surface area contributed by atoms with E-state index in [1.165, 1.54) is 42.4 Å². The number of fused-ring (bicyclic) bond motifs is 9. The van der Waals surface area contributed by atoms with Gasteiger partial charge in [0.2, 0.25) is 0 Å². The van der Waals surface area contributed by atoms with Gasteiger partial charge >= 0.3 is 0 Å². The van der Waals surface area contributed by atoms with Crippen LogP contribution in [0.1, 0.15) is 16.7 Å². The van der Waals surface area contributed by atoms with Gasteiger partial charge < -0.3 is 14.7 Å². The number of nitrogens with one attached hydrogen (secondary N) is 1. The number of thiophene rings is 1. The number of aromatic nitrogens is 1. The summed E-state index contributed by atoms with van der Waals surface area (Å²) in [6, 6.07) is 71.2. The van der Waals surface area contributed by atoms with Crippen molar-refractivity contribution in [1.29, 1.82) is 5.41 Å². The Morgan fingerprint density at radius 2 is 1.22 bits per heavy atom. The molecular formula is C57H40N4OS. The van der Waals surface area contributed by atoms with Crippen molar-refractivity contribution in [2.45, 2.75) is 6.92 Å². The first-order valence-electron chi connectivity index (χ1n) is 21.0. The van der Waals surface area contributed by atoms with Crippen molar-refractivity contribution in [1.82, 2.24) is 4.57 Å². The molecule has 0 aliphatic rings. The Kier molecular flexibility index (Phi) is 9.48. The van der Waals surface area contributed by atoms with Crippen LogP contribution in [0, 0.1) is 12.3 Å². The van der Waals surface area contributed by atoms with Crippen LogP contribution < -0.4 is 5.73 Å². The highest BCUT2D eigenvalue weighted by Crippen LogP contribution is 2.44. The van der Waals surface area contributed by atoms with Gasteiger partial charge in [-0.25, -0.2) is 4.99 Å². The van der Waals surface area contributed by atoms with E-state index in [4.69, 9.17) is 20.6 Å². The number of benzene rings is 9. The summed E-state index contributed by atoms with van der Waals surface area (Å²) in [4.78, 5) is 4.73. The van der Waals surface area contributed by atoms with Gasteiger partial charge in [0.15, 0.2) is 5.84 Å². The molecule has 3 aromatic heterocycles. The number of furan rings is 1. The first-order chi connectivity index (χ1) is 31.0. The highest BCUT2D eigenvalue weighted by atomic mass is 32.1. The van der Waals surface area contributed by atoms with E-state index >= 15 is 0 Å². The first-order valence-corrected chi connectivity index (χ1v) is 21.8. The number of aliphatic imine (C=N–C) groups is 1. The molecule has 9 aromatic carbocycles. The molecule has 0 unspecified atom stereocenters. The monoisotopic (exact) mass is 828 g/mol. The number of para-hydroxylation sites is 2. The van der Waals surface area contributed by atoms with Gasteiger partial charge in [0.1, 0.15) is 17.0 Å². The summed E-state index contributed by atoms with van der Waals surface area (Å²) in [6.45, 7) is 2.08. The second kappa shape index (κ2) is 15.8. The second-order valence-corrected chi connectivity index (χ2v) is 16.9. The molecule has 5 nitrogen and oxygen atoms in total.